The van der Waals surface area contributed by atoms with Crippen LogP contribution in [0.2, 0.25) is 0 Å². The van der Waals surface area contributed by atoms with Crippen LogP contribution in [0.15, 0.2) is 18.2 Å². The number of aryl methyl sites for hydroxylation is 3. The average molecular weight is 420 g/mol. The highest BCUT2D eigenvalue weighted by Gasteiger charge is 2.41. The zero-order chi connectivity index (χ0) is 18.4. The first kappa shape index (κ1) is 19.8. The van der Waals surface area contributed by atoms with E-state index in [1.807, 2.05) is 0 Å². The van der Waals surface area contributed by atoms with Gasteiger partial charge in [0.25, 0.3) is 0 Å². The summed E-state index contributed by atoms with van der Waals surface area (Å²) in [6.07, 6.45) is 4.63. The zero-order valence-corrected chi connectivity index (χ0v) is 17.5. The Morgan fingerprint density at radius 3 is 3.00 bits per heavy atom. The van der Waals surface area contributed by atoms with Gasteiger partial charge in [-0.1, -0.05) is 12.1 Å². The van der Waals surface area contributed by atoms with Gasteiger partial charge in [-0.25, -0.2) is 10.4 Å². The second kappa shape index (κ2) is 8.08. The van der Waals surface area contributed by atoms with E-state index in [1.54, 1.807) is 11.3 Å². The van der Waals surface area contributed by atoms with Crippen LogP contribution >= 0.6 is 23.7 Å². The quantitative estimate of drug-likeness (QED) is 0.614. The van der Waals surface area contributed by atoms with Crippen LogP contribution in [0, 0.1) is 12.8 Å². The van der Waals surface area contributed by atoms with Crippen molar-refractivity contribution in [3.05, 3.63) is 34.2 Å². The Morgan fingerprint density at radius 2 is 2.11 bits per heavy atom. The van der Waals surface area contributed by atoms with Crippen molar-refractivity contribution in [3.8, 4) is 11.3 Å². The molecule has 28 heavy (non-hydrogen) atoms. The minimum absolute atomic E-state index is 0. The molecule has 3 atom stereocenters. The number of hydrazine groups is 1. The first-order chi connectivity index (χ1) is 13.2. The fourth-order valence-corrected chi connectivity index (χ4v) is 5.43. The first-order valence-electron chi connectivity index (χ1n) is 9.81. The van der Waals surface area contributed by atoms with Gasteiger partial charge in [-0.15, -0.1) is 23.7 Å². The van der Waals surface area contributed by atoms with E-state index in [0.717, 1.165) is 42.1 Å². The number of carbonyl (C=O) groups is 1. The van der Waals surface area contributed by atoms with Crippen molar-refractivity contribution in [2.24, 2.45) is 5.92 Å². The van der Waals surface area contributed by atoms with E-state index in [0.29, 0.717) is 11.2 Å². The molecule has 0 radical (unpaired) electrons. The lowest BCUT2D eigenvalue weighted by Gasteiger charge is -2.27. The number of thiazole rings is 1. The molecule has 1 amide bonds. The van der Waals surface area contributed by atoms with Gasteiger partial charge in [0, 0.05) is 28.9 Å². The molecule has 150 valence electrons. The van der Waals surface area contributed by atoms with Crippen LogP contribution < -0.4 is 21.5 Å². The third-order valence-electron chi connectivity index (χ3n) is 6.06. The highest BCUT2D eigenvalue weighted by molar-refractivity contribution is 7.16. The molecule has 0 spiro atoms. The van der Waals surface area contributed by atoms with Crippen LogP contribution in [0.4, 0.5) is 5.13 Å². The van der Waals surface area contributed by atoms with E-state index in [1.165, 1.54) is 24.0 Å². The van der Waals surface area contributed by atoms with E-state index in [2.05, 4.69) is 46.6 Å². The lowest BCUT2D eigenvalue weighted by atomic mass is 9.89. The van der Waals surface area contributed by atoms with Crippen molar-refractivity contribution < 1.29 is 4.79 Å². The maximum atomic E-state index is 12.8. The van der Waals surface area contributed by atoms with Crippen molar-refractivity contribution in [3.63, 3.8) is 0 Å². The zero-order valence-electron chi connectivity index (χ0n) is 15.9. The molecule has 6 nitrogen and oxygen atoms in total. The number of hydrogen-bond donors (Lipinski definition) is 4. The highest BCUT2D eigenvalue weighted by Crippen LogP contribution is 2.33. The molecule has 0 saturated carbocycles. The summed E-state index contributed by atoms with van der Waals surface area (Å²) in [5.41, 5.74) is 11.5. The van der Waals surface area contributed by atoms with Gasteiger partial charge in [-0.2, -0.15) is 0 Å². The number of nitrogens with one attached hydrogen (secondary N) is 4. The van der Waals surface area contributed by atoms with E-state index in [4.69, 9.17) is 4.98 Å². The number of fused-ring (bicyclic) bond motifs is 2. The number of rotatable bonds is 3. The van der Waals surface area contributed by atoms with Crippen LogP contribution in [0.1, 0.15) is 28.8 Å². The molecule has 3 heterocycles. The molecular formula is C20H26ClN5OS. The van der Waals surface area contributed by atoms with Gasteiger partial charge in [-0.05, 0) is 56.3 Å². The molecule has 2 saturated heterocycles. The third kappa shape index (κ3) is 3.57. The number of aromatic nitrogens is 1. The maximum absolute atomic E-state index is 12.8. The number of benzene rings is 1. The lowest BCUT2D eigenvalue weighted by Crippen LogP contribution is -2.47. The molecule has 4 N–H and O–H groups in total. The van der Waals surface area contributed by atoms with E-state index >= 15 is 0 Å². The maximum Gasteiger partial charge on any atom is 0.245 e. The molecule has 1 aromatic heterocycles. The number of halogens is 1. The number of anilines is 1. The Hall–Kier alpha value is -1.51. The SMILES string of the molecule is Cc1sc(NC(=O)C2NNC3CCNCC32)nc1-c1ccc2c(c1)CCC2.Cl. The Balaban J connectivity index is 0.00000192. The molecule has 3 aliphatic rings. The normalized spacial score (nSPS) is 25.7. The summed E-state index contributed by atoms with van der Waals surface area (Å²) in [4.78, 5) is 18.7. The van der Waals surface area contributed by atoms with Crippen LogP contribution in [-0.4, -0.2) is 36.1 Å². The number of piperidine rings is 1. The molecule has 2 aliphatic heterocycles. The minimum atomic E-state index is -0.226. The largest absolute Gasteiger partial charge is 0.316 e. The average Bonchev–Trinajstić information content (AvgIpc) is 3.38. The molecule has 5 rings (SSSR count). The Bertz CT molecular complexity index is 885. The molecule has 0 bridgehead atoms. The summed E-state index contributed by atoms with van der Waals surface area (Å²) >= 11 is 1.55. The Morgan fingerprint density at radius 1 is 1.25 bits per heavy atom. The monoisotopic (exact) mass is 419 g/mol. The summed E-state index contributed by atoms with van der Waals surface area (Å²) in [6.45, 7) is 3.94. The lowest BCUT2D eigenvalue weighted by molar-refractivity contribution is -0.118. The first-order valence-corrected chi connectivity index (χ1v) is 10.6. The molecule has 8 heteroatoms. The fourth-order valence-electron chi connectivity index (χ4n) is 4.60. The van der Waals surface area contributed by atoms with Crippen LogP contribution in [0.25, 0.3) is 11.3 Å². The number of nitrogens with zero attached hydrogens (tertiary/aromatic N) is 1. The van der Waals surface area contributed by atoms with Gasteiger partial charge in [0.1, 0.15) is 6.04 Å². The molecule has 3 unspecified atom stereocenters. The van der Waals surface area contributed by atoms with Crippen molar-refractivity contribution in [2.45, 2.75) is 44.7 Å². The summed E-state index contributed by atoms with van der Waals surface area (Å²) in [5.74, 6) is 0.268. The standard InChI is InChI=1S/C20H25N5OS.ClH/c1-11-17(14-6-5-12-3-2-4-13(12)9-14)22-20(27-11)23-19(26)18-15-10-21-8-7-16(15)24-25-18;/h5-6,9,15-16,18,21,24-25H,2-4,7-8,10H2,1H3,(H,22,23,26);1H. The van der Waals surface area contributed by atoms with Gasteiger partial charge in [0.2, 0.25) is 5.91 Å². The van der Waals surface area contributed by atoms with Crippen LogP contribution in [0.3, 0.4) is 0 Å². The van der Waals surface area contributed by atoms with Gasteiger partial charge in [0.15, 0.2) is 5.13 Å². The molecule has 2 aromatic rings. The molecule has 2 fully saturated rings. The van der Waals surface area contributed by atoms with Crippen molar-refractivity contribution in [1.82, 2.24) is 21.2 Å². The molecule has 1 aliphatic carbocycles. The highest BCUT2D eigenvalue weighted by atomic mass is 35.5. The van der Waals surface area contributed by atoms with Crippen molar-refractivity contribution in [1.29, 1.82) is 0 Å². The smallest absolute Gasteiger partial charge is 0.245 e. The number of amides is 1. The minimum Gasteiger partial charge on any atom is -0.316 e. The predicted molar refractivity (Wildman–Crippen MR) is 115 cm³/mol. The second-order valence-electron chi connectivity index (χ2n) is 7.78. The molecule has 1 aromatic carbocycles. The summed E-state index contributed by atoms with van der Waals surface area (Å²) in [7, 11) is 0. The summed E-state index contributed by atoms with van der Waals surface area (Å²) < 4.78 is 0. The molecular weight excluding hydrogens is 394 g/mol. The number of hydrogen-bond acceptors (Lipinski definition) is 6. The van der Waals surface area contributed by atoms with Crippen molar-refractivity contribution >= 4 is 34.8 Å². The summed E-state index contributed by atoms with van der Waals surface area (Å²) in [6, 6.07) is 6.81. The third-order valence-corrected chi connectivity index (χ3v) is 6.95. The van der Waals surface area contributed by atoms with Crippen molar-refractivity contribution in [2.75, 3.05) is 18.4 Å². The fraction of sp³-hybridized carbons (Fsp3) is 0.500. The number of carbonyl (C=O) groups excluding carboxylic acids is 1. The van der Waals surface area contributed by atoms with E-state index in [9.17, 15) is 4.79 Å². The van der Waals surface area contributed by atoms with Gasteiger partial charge in [-0.3, -0.25) is 10.2 Å². The second-order valence-corrected chi connectivity index (χ2v) is 8.98. The van der Waals surface area contributed by atoms with E-state index < -0.39 is 0 Å². The topological polar surface area (TPSA) is 78.1 Å². The van der Waals surface area contributed by atoms with Gasteiger partial charge >= 0.3 is 0 Å². The van der Waals surface area contributed by atoms with Crippen LogP contribution in [0.5, 0.6) is 0 Å². The van der Waals surface area contributed by atoms with Gasteiger partial charge in [0.05, 0.1) is 5.69 Å². The Kier molecular flexibility index (Phi) is 5.71. The predicted octanol–water partition coefficient (Wildman–Crippen LogP) is 2.42. The summed E-state index contributed by atoms with van der Waals surface area (Å²) in [5, 5.41) is 7.11. The van der Waals surface area contributed by atoms with E-state index in [-0.39, 0.29) is 30.3 Å². The van der Waals surface area contributed by atoms with Crippen LogP contribution in [-0.2, 0) is 17.6 Å². The Labute approximate surface area is 175 Å². The van der Waals surface area contributed by atoms with Gasteiger partial charge < -0.3 is 10.6 Å².